The standard InChI is InChI=1S/C28H29FN2O4S/c1-4-6-21(32)14-26-24-15-27(33)31(3)16-25(24)23-13-18(17-36(34,35)5-2)7-12-22(23)28(30-26)19-8-10-20(29)11-9-19/h7-13,15-16,26H,4-6,14,17H2,1-3H3/t26-/m0/s1. The molecule has 2 heterocycles. The highest BCUT2D eigenvalue weighted by atomic mass is 32.2. The molecule has 36 heavy (non-hydrogen) atoms. The van der Waals surface area contributed by atoms with E-state index in [0.717, 1.165) is 16.7 Å². The van der Waals surface area contributed by atoms with Crippen LogP contribution in [0.2, 0.25) is 0 Å². The lowest BCUT2D eigenvalue weighted by Crippen LogP contribution is -2.18. The number of aryl methyl sites for hydroxylation is 1. The van der Waals surface area contributed by atoms with Gasteiger partial charge in [0.2, 0.25) is 0 Å². The van der Waals surface area contributed by atoms with Crippen molar-refractivity contribution >= 4 is 21.3 Å². The Morgan fingerprint density at radius 2 is 1.75 bits per heavy atom. The van der Waals surface area contributed by atoms with E-state index >= 15 is 0 Å². The third kappa shape index (κ3) is 5.38. The minimum atomic E-state index is -3.28. The number of hydrogen-bond donors (Lipinski definition) is 0. The van der Waals surface area contributed by atoms with Gasteiger partial charge in [0.15, 0.2) is 9.84 Å². The van der Waals surface area contributed by atoms with Crippen LogP contribution in [0.5, 0.6) is 0 Å². The van der Waals surface area contributed by atoms with Gasteiger partial charge in [-0.15, -0.1) is 0 Å². The predicted molar refractivity (Wildman–Crippen MR) is 140 cm³/mol. The van der Waals surface area contributed by atoms with E-state index in [1.54, 1.807) is 38.4 Å². The Morgan fingerprint density at radius 3 is 2.42 bits per heavy atom. The maximum absolute atomic E-state index is 13.7. The smallest absolute Gasteiger partial charge is 0.250 e. The summed E-state index contributed by atoms with van der Waals surface area (Å²) >= 11 is 0. The molecule has 3 aromatic rings. The van der Waals surface area contributed by atoms with Crippen LogP contribution in [0, 0.1) is 5.82 Å². The van der Waals surface area contributed by atoms with E-state index in [1.807, 2.05) is 19.1 Å². The second-order valence-corrected chi connectivity index (χ2v) is 11.5. The van der Waals surface area contributed by atoms with Gasteiger partial charge in [-0.05, 0) is 53.4 Å². The first-order chi connectivity index (χ1) is 17.1. The van der Waals surface area contributed by atoms with Crippen molar-refractivity contribution in [1.29, 1.82) is 0 Å². The van der Waals surface area contributed by atoms with Gasteiger partial charge in [0, 0.05) is 54.6 Å². The van der Waals surface area contributed by atoms with Crippen LogP contribution in [0.1, 0.15) is 61.4 Å². The number of hydrogen-bond acceptors (Lipinski definition) is 5. The fraction of sp³-hybridized carbons (Fsp3) is 0.321. The number of carbonyl (C=O) groups is 1. The summed E-state index contributed by atoms with van der Waals surface area (Å²) in [5.74, 6) is -0.426. The van der Waals surface area contributed by atoms with Gasteiger partial charge in [-0.25, -0.2) is 12.8 Å². The summed E-state index contributed by atoms with van der Waals surface area (Å²) in [5, 5.41) is 0. The van der Waals surface area contributed by atoms with Crippen LogP contribution in [0.25, 0.3) is 11.1 Å². The second-order valence-electron chi connectivity index (χ2n) is 9.14. The van der Waals surface area contributed by atoms with E-state index in [9.17, 15) is 22.4 Å². The van der Waals surface area contributed by atoms with Gasteiger partial charge in [-0.1, -0.05) is 26.0 Å². The Kier molecular flexibility index (Phi) is 7.36. The number of ketones is 1. The predicted octanol–water partition coefficient (Wildman–Crippen LogP) is 4.78. The second kappa shape index (κ2) is 10.3. The lowest BCUT2D eigenvalue weighted by atomic mass is 9.90. The summed E-state index contributed by atoms with van der Waals surface area (Å²) in [6.45, 7) is 3.55. The van der Waals surface area contributed by atoms with Crippen LogP contribution in [0.3, 0.4) is 0 Å². The first kappa shape index (κ1) is 25.7. The molecular formula is C28H29FN2O4S. The van der Waals surface area contributed by atoms with E-state index in [4.69, 9.17) is 4.99 Å². The van der Waals surface area contributed by atoms with Gasteiger partial charge in [-0.3, -0.25) is 14.6 Å². The Bertz CT molecular complexity index is 1510. The monoisotopic (exact) mass is 508 g/mol. The third-order valence-corrected chi connectivity index (χ3v) is 8.08. The molecule has 4 rings (SSSR count). The van der Waals surface area contributed by atoms with Crippen LogP contribution in [-0.4, -0.2) is 30.2 Å². The van der Waals surface area contributed by atoms with Crippen molar-refractivity contribution in [3.63, 3.8) is 0 Å². The van der Waals surface area contributed by atoms with Crippen molar-refractivity contribution in [3.8, 4) is 11.1 Å². The van der Waals surface area contributed by atoms with E-state index in [-0.39, 0.29) is 35.1 Å². The van der Waals surface area contributed by atoms with Crippen molar-refractivity contribution in [2.75, 3.05) is 5.75 Å². The molecule has 188 valence electrons. The quantitative estimate of drug-likeness (QED) is 0.438. The number of fused-ring (bicyclic) bond motifs is 3. The van der Waals surface area contributed by atoms with Crippen molar-refractivity contribution in [2.45, 2.75) is 44.9 Å². The fourth-order valence-corrected chi connectivity index (χ4v) is 5.39. The summed E-state index contributed by atoms with van der Waals surface area (Å²) in [7, 11) is -1.63. The minimum absolute atomic E-state index is 0.0269. The molecule has 0 radical (unpaired) electrons. The topological polar surface area (TPSA) is 85.6 Å². The minimum Gasteiger partial charge on any atom is -0.318 e. The average Bonchev–Trinajstić information content (AvgIpc) is 2.95. The fourth-order valence-electron chi connectivity index (χ4n) is 4.50. The Hall–Kier alpha value is -3.39. The molecule has 0 N–H and O–H groups in total. The first-order valence-electron chi connectivity index (χ1n) is 12.0. The van der Waals surface area contributed by atoms with Crippen molar-refractivity contribution in [3.05, 3.63) is 93.2 Å². The van der Waals surface area contributed by atoms with Crippen molar-refractivity contribution in [1.82, 2.24) is 4.57 Å². The number of sulfone groups is 1. The number of rotatable bonds is 8. The maximum atomic E-state index is 13.7. The number of nitrogens with zero attached hydrogens (tertiary/aromatic N) is 2. The van der Waals surface area contributed by atoms with E-state index in [0.29, 0.717) is 35.2 Å². The molecular weight excluding hydrogens is 479 g/mol. The number of aliphatic imine (C=N–C) groups is 1. The first-order valence-corrected chi connectivity index (χ1v) is 13.8. The molecule has 8 heteroatoms. The highest BCUT2D eigenvalue weighted by molar-refractivity contribution is 7.90. The maximum Gasteiger partial charge on any atom is 0.250 e. The summed E-state index contributed by atoms with van der Waals surface area (Å²) in [4.78, 5) is 30.4. The summed E-state index contributed by atoms with van der Waals surface area (Å²) in [6, 6.07) is 12.3. The number of benzene rings is 2. The van der Waals surface area contributed by atoms with Crippen LogP contribution in [0.15, 0.2) is 64.5 Å². The molecule has 0 saturated heterocycles. The van der Waals surface area contributed by atoms with Gasteiger partial charge < -0.3 is 4.57 Å². The van der Waals surface area contributed by atoms with Crippen LogP contribution in [0.4, 0.5) is 4.39 Å². The molecule has 1 aromatic heterocycles. The number of Topliss-reactive ketones (excluding diaryl/α,β-unsaturated/α-hetero) is 1. The summed E-state index contributed by atoms with van der Waals surface area (Å²) < 4.78 is 39.9. The van der Waals surface area contributed by atoms with Crippen molar-refractivity contribution in [2.24, 2.45) is 12.0 Å². The molecule has 0 spiro atoms. The number of halogens is 1. The Balaban J connectivity index is 2.00. The van der Waals surface area contributed by atoms with Gasteiger partial charge in [0.1, 0.15) is 11.6 Å². The molecule has 0 aliphatic carbocycles. The van der Waals surface area contributed by atoms with E-state index in [1.165, 1.54) is 22.8 Å². The SMILES string of the molecule is CCCC(=O)C[C@@H]1N=C(c2ccc(F)cc2)c2ccc(CS(=O)(=O)CC)cc2-c2cn(C)c(=O)cc21. The highest BCUT2D eigenvalue weighted by Gasteiger charge is 2.28. The number of pyridine rings is 1. The summed E-state index contributed by atoms with van der Waals surface area (Å²) in [6.07, 6.45) is 2.96. The van der Waals surface area contributed by atoms with Gasteiger partial charge in [0.05, 0.1) is 17.5 Å². The van der Waals surface area contributed by atoms with Gasteiger partial charge in [-0.2, -0.15) is 0 Å². The lowest BCUT2D eigenvalue weighted by Gasteiger charge is -2.16. The van der Waals surface area contributed by atoms with Crippen molar-refractivity contribution < 1.29 is 17.6 Å². The third-order valence-electron chi connectivity index (χ3n) is 6.43. The molecule has 1 aliphatic rings. The molecule has 1 aliphatic heterocycles. The Labute approximate surface area is 210 Å². The normalized spacial score (nSPS) is 15.0. The highest BCUT2D eigenvalue weighted by Crippen LogP contribution is 2.39. The van der Waals surface area contributed by atoms with E-state index < -0.39 is 15.9 Å². The van der Waals surface area contributed by atoms with Crippen LogP contribution < -0.4 is 5.56 Å². The molecule has 0 saturated carbocycles. The molecule has 1 atom stereocenters. The molecule has 6 nitrogen and oxygen atoms in total. The molecule has 2 aromatic carbocycles. The molecule has 0 fully saturated rings. The molecule has 0 bridgehead atoms. The summed E-state index contributed by atoms with van der Waals surface area (Å²) in [5.41, 5.74) is 4.41. The van der Waals surface area contributed by atoms with Crippen LogP contribution >= 0.6 is 0 Å². The largest absolute Gasteiger partial charge is 0.318 e. The zero-order valence-electron chi connectivity index (χ0n) is 20.6. The molecule has 0 unspecified atom stereocenters. The molecule has 0 amide bonds. The Morgan fingerprint density at radius 1 is 1.03 bits per heavy atom. The lowest BCUT2D eigenvalue weighted by molar-refractivity contribution is -0.119. The van der Waals surface area contributed by atoms with Gasteiger partial charge >= 0.3 is 0 Å². The van der Waals surface area contributed by atoms with E-state index in [2.05, 4.69) is 0 Å². The van der Waals surface area contributed by atoms with Crippen LogP contribution in [-0.2, 0) is 27.4 Å². The number of carbonyl (C=O) groups excluding carboxylic acids is 1. The zero-order chi connectivity index (χ0) is 26.0. The average molecular weight is 509 g/mol. The zero-order valence-corrected chi connectivity index (χ0v) is 21.4. The number of aromatic nitrogens is 1. The van der Waals surface area contributed by atoms with Gasteiger partial charge in [0.25, 0.3) is 5.56 Å².